The highest BCUT2D eigenvalue weighted by atomic mass is 35.5. The van der Waals surface area contributed by atoms with Crippen LogP contribution in [0.4, 0.5) is 0 Å². The molecule has 9 heteroatoms. The predicted molar refractivity (Wildman–Crippen MR) is 113 cm³/mol. The quantitative estimate of drug-likeness (QED) is 0.396. The molecule has 4 heterocycles. The van der Waals surface area contributed by atoms with Crippen LogP contribution < -0.4 is 4.74 Å². The van der Waals surface area contributed by atoms with E-state index in [0.29, 0.717) is 44.0 Å². The van der Waals surface area contributed by atoms with Gasteiger partial charge in [0.15, 0.2) is 5.75 Å². The van der Waals surface area contributed by atoms with E-state index in [9.17, 15) is 19.8 Å². The van der Waals surface area contributed by atoms with Gasteiger partial charge in [0, 0.05) is 33.9 Å². The zero-order valence-corrected chi connectivity index (χ0v) is 17.2. The van der Waals surface area contributed by atoms with E-state index in [1.807, 2.05) is 0 Å². The van der Waals surface area contributed by atoms with Gasteiger partial charge in [0.25, 0.3) is 17.5 Å². The minimum absolute atomic E-state index is 0.0869. The number of benzene rings is 2. The van der Waals surface area contributed by atoms with Crippen molar-refractivity contribution in [2.75, 3.05) is 14.2 Å². The van der Waals surface area contributed by atoms with Crippen molar-refractivity contribution in [2.45, 2.75) is 11.3 Å². The van der Waals surface area contributed by atoms with E-state index in [1.54, 1.807) is 42.5 Å². The molecule has 8 nitrogen and oxygen atoms in total. The summed E-state index contributed by atoms with van der Waals surface area (Å²) in [5.74, 6) is -1.46. The van der Waals surface area contributed by atoms with Crippen molar-refractivity contribution in [3.05, 3.63) is 53.1 Å². The molecule has 0 bridgehead atoms. The Bertz CT molecular complexity index is 1490. The molecule has 0 unspecified atom stereocenters. The average molecular weight is 438 g/mol. The molecule has 4 aromatic rings. The number of aliphatic hydroxyl groups is 2. The van der Waals surface area contributed by atoms with E-state index in [4.69, 9.17) is 16.3 Å². The summed E-state index contributed by atoms with van der Waals surface area (Å²) >= 11 is 6.21. The monoisotopic (exact) mass is 437 g/mol. The fraction of sp³-hybridized carbons (Fsp3) is 0.182. The predicted octanol–water partition coefficient (Wildman–Crippen LogP) is 2.30. The number of carbonyl (C=O) groups is 2. The highest BCUT2D eigenvalue weighted by molar-refractivity contribution is 6.31. The summed E-state index contributed by atoms with van der Waals surface area (Å²) in [6.07, 6.45) is 0. The van der Waals surface area contributed by atoms with Gasteiger partial charge < -0.3 is 19.9 Å². The fourth-order valence-electron chi connectivity index (χ4n) is 5.11. The van der Waals surface area contributed by atoms with Crippen molar-refractivity contribution in [1.29, 1.82) is 0 Å². The standard InChI is InChI=1S/C22H16ClN3O5/c1-25-19(27)21(29)15-12-9-10(23)7-8-13(12)24-16(15)17-18(31-2)11-5-3-4-6-14(11)26(17)22(21,30)20(25)28/h3-9,24,29-30H,1-2H3/t21-,22+/m1/s1. The molecule has 2 amide bonds. The highest BCUT2D eigenvalue weighted by Gasteiger charge is 2.74. The molecule has 31 heavy (non-hydrogen) atoms. The smallest absolute Gasteiger partial charge is 0.286 e. The van der Waals surface area contributed by atoms with E-state index < -0.39 is 23.1 Å². The number of rotatable bonds is 1. The van der Waals surface area contributed by atoms with E-state index in [-0.39, 0.29) is 5.56 Å². The zero-order chi connectivity index (χ0) is 21.9. The molecule has 0 saturated carbocycles. The molecular weight excluding hydrogens is 422 g/mol. The van der Waals surface area contributed by atoms with Gasteiger partial charge in [-0.15, -0.1) is 0 Å². The number of ether oxygens (including phenoxy) is 1. The van der Waals surface area contributed by atoms with E-state index in [1.165, 1.54) is 18.7 Å². The maximum Gasteiger partial charge on any atom is 0.286 e. The molecule has 2 aliphatic heterocycles. The number of aromatic amines is 1. The number of carbonyl (C=O) groups excluding carboxylic acids is 2. The Morgan fingerprint density at radius 1 is 1.06 bits per heavy atom. The van der Waals surface area contributed by atoms with Crippen LogP contribution in [0.1, 0.15) is 5.56 Å². The van der Waals surface area contributed by atoms with Gasteiger partial charge in [-0.2, -0.15) is 0 Å². The van der Waals surface area contributed by atoms with Crippen LogP contribution in [0, 0.1) is 0 Å². The Morgan fingerprint density at radius 3 is 2.55 bits per heavy atom. The summed E-state index contributed by atoms with van der Waals surface area (Å²) < 4.78 is 6.98. The van der Waals surface area contributed by atoms with Gasteiger partial charge in [0.2, 0.25) is 5.60 Å². The number of fused-ring (bicyclic) bond motifs is 10. The molecule has 156 valence electrons. The first-order chi connectivity index (χ1) is 14.8. The number of para-hydroxylation sites is 1. The van der Waals surface area contributed by atoms with Crippen LogP contribution in [0.5, 0.6) is 5.75 Å². The highest BCUT2D eigenvalue weighted by Crippen LogP contribution is 2.59. The van der Waals surface area contributed by atoms with Crippen LogP contribution >= 0.6 is 11.6 Å². The number of amides is 2. The number of likely N-dealkylation sites (N-methyl/N-ethyl adjacent to an activating group) is 1. The number of H-pyrrole nitrogens is 1. The third kappa shape index (κ3) is 1.77. The first kappa shape index (κ1) is 18.4. The number of hydrogen-bond donors (Lipinski definition) is 3. The third-order valence-corrected chi connectivity index (χ3v) is 6.67. The Balaban J connectivity index is 1.93. The molecule has 2 aromatic heterocycles. The van der Waals surface area contributed by atoms with E-state index in [2.05, 4.69) is 4.98 Å². The first-order valence-electron chi connectivity index (χ1n) is 9.54. The first-order valence-corrected chi connectivity index (χ1v) is 9.92. The average Bonchev–Trinajstić information content (AvgIpc) is 3.34. The molecule has 2 atom stereocenters. The number of halogens is 1. The summed E-state index contributed by atoms with van der Waals surface area (Å²) in [5.41, 5.74) is -3.35. The zero-order valence-electron chi connectivity index (χ0n) is 16.4. The number of imide groups is 1. The molecule has 6 rings (SSSR count). The van der Waals surface area contributed by atoms with Crippen molar-refractivity contribution in [1.82, 2.24) is 14.5 Å². The van der Waals surface area contributed by atoms with E-state index >= 15 is 0 Å². The molecule has 1 fully saturated rings. The summed E-state index contributed by atoms with van der Waals surface area (Å²) in [6, 6.07) is 12.0. The number of aromatic nitrogens is 2. The minimum Gasteiger partial charge on any atom is -0.494 e. The second-order valence-corrected chi connectivity index (χ2v) is 8.29. The van der Waals surface area contributed by atoms with Crippen LogP contribution in [0.25, 0.3) is 33.2 Å². The Morgan fingerprint density at radius 2 is 1.81 bits per heavy atom. The largest absolute Gasteiger partial charge is 0.494 e. The fourth-order valence-corrected chi connectivity index (χ4v) is 5.28. The molecule has 1 saturated heterocycles. The molecule has 2 aliphatic rings. The van der Waals surface area contributed by atoms with Gasteiger partial charge in [0.05, 0.1) is 18.3 Å². The second-order valence-electron chi connectivity index (χ2n) is 7.85. The molecule has 0 spiro atoms. The maximum absolute atomic E-state index is 13.3. The third-order valence-electron chi connectivity index (χ3n) is 6.44. The Labute approximate surface area is 180 Å². The van der Waals surface area contributed by atoms with Crippen molar-refractivity contribution in [3.8, 4) is 17.1 Å². The summed E-state index contributed by atoms with van der Waals surface area (Å²) in [7, 11) is 2.73. The minimum atomic E-state index is -2.62. The summed E-state index contributed by atoms with van der Waals surface area (Å²) in [6.45, 7) is 0. The van der Waals surface area contributed by atoms with Gasteiger partial charge >= 0.3 is 0 Å². The van der Waals surface area contributed by atoms with Crippen LogP contribution in [0.3, 0.4) is 0 Å². The molecular formula is C22H16ClN3O5. The van der Waals surface area contributed by atoms with Gasteiger partial charge in [-0.3, -0.25) is 19.1 Å². The Hall–Kier alpha value is -3.33. The number of nitrogens with one attached hydrogen (secondary N) is 1. The SMILES string of the molecule is COc1c2n(c3ccccc13)[C@]1(O)C(=O)N(C)C(=O)[C@]1(O)c1c-2[nH]c2ccc(Cl)cc12. The van der Waals surface area contributed by atoms with Gasteiger partial charge in [-0.25, -0.2) is 0 Å². The second kappa shape index (κ2) is 5.47. The normalized spacial score (nSPS) is 24.6. The maximum atomic E-state index is 13.3. The van der Waals surface area contributed by atoms with Crippen LogP contribution in [0.15, 0.2) is 42.5 Å². The Kier molecular flexibility index (Phi) is 3.26. The van der Waals surface area contributed by atoms with Crippen molar-refractivity contribution < 1.29 is 24.5 Å². The van der Waals surface area contributed by atoms with Gasteiger partial charge in [0.1, 0.15) is 5.69 Å². The van der Waals surface area contributed by atoms with Crippen LogP contribution in [-0.4, -0.2) is 50.6 Å². The van der Waals surface area contributed by atoms with Gasteiger partial charge in [-0.1, -0.05) is 23.7 Å². The summed E-state index contributed by atoms with van der Waals surface area (Å²) in [5, 5.41) is 25.3. The molecule has 0 radical (unpaired) electrons. The topological polar surface area (TPSA) is 108 Å². The lowest BCUT2D eigenvalue weighted by Crippen LogP contribution is -2.58. The summed E-state index contributed by atoms with van der Waals surface area (Å²) in [4.78, 5) is 30.6. The van der Waals surface area contributed by atoms with Crippen LogP contribution in [0.2, 0.25) is 5.02 Å². The molecule has 3 N–H and O–H groups in total. The molecule has 0 aliphatic carbocycles. The van der Waals surface area contributed by atoms with Crippen molar-refractivity contribution in [2.24, 2.45) is 0 Å². The van der Waals surface area contributed by atoms with E-state index in [0.717, 1.165) is 4.90 Å². The number of methoxy groups -OCH3 is 1. The lowest BCUT2D eigenvalue weighted by Gasteiger charge is -2.40. The van der Waals surface area contributed by atoms with Crippen molar-refractivity contribution in [3.63, 3.8) is 0 Å². The van der Waals surface area contributed by atoms with Crippen LogP contribution in [-0.2, 0) is 20.9 Å². The molecule has 2 aromatic carbocycles. The number of hydrogen-bond acceptors (Lipinski definition) is 5. The lowest BCUT2D eigenvalue weighted by molar-refractivity contribution is -0.193. The number of likely N-dealkylation sites (tertiary alicyclic amines) is 1. The lowest BCUT2D eigenvalue weighted by atomic mass is 9.79. The number of nitrogens with zero attached hydrogens (tertiary/aromatic N) is 2. The van der Waals surface area contributed by atoms with Crippen molar-refractivity contribution >= 4 is 45.2 Å². The van der Waals surface area contributed by atoms with Gasteiger partial charge in [-0.05, 0) is 30.3 Å².